The van der Waals surface area contributed by atoms with Gasteiger partial charge in [0.25, 0.3) is 0 Å². The van der Waals surface area contributed by atoms with E-state index in [1.54, 1.807) is 22.6 Å². The van der Waals surface area contributed by atoms with Gasteiger partial charge in [-0.15, -0.1) is 10.2 Å². The van der Waals surface area contributed by atoms with Crippen molar-refractivity contribution in [1.29, 1.82) is 0 Å². The van der Waals surface area contributed by atoms with Crippen molar-refractivity contribution >= 4 is 11.9 Å². The Hall–Kier alpha value is -2.43. The third-order valence-electron chi connectivity index (χ3n) is 2.54. The van der Waals surface area contributed by atoms with Crippen LogP contribution in [0.4, 0.5) is 0 Å². The SMILES string of the molecule is Cc1ccc(-c2nnc3cccc(C=O)n23)o1. The first-order valence-electron chi connectivity index (χ1n) is 5.16. The number of nitrogens with zero attached hydrogens (tertiary/aromatic N) is 3. The summed E-state index contributed by atoms with van der Waals surface area (Å²) in [6.45, 7) is 1.85. The predicted octanol–water partition coefficient (Wildman–Crippen LogP) is 2.11. The van der Waals surface area contributed by atoms with Crippen LogP contribution in [-0.4, -0.2) is 20.9 Å². The van der Waals surface area contributed by atoms with Crippen molar-refractivity contribution in [2.75, 3.05) is 0 Å². The first kappa shape index (κ1) is 9.77. The maximum atomic E-state index is 11.0. The van der Waals surface area contributed by atoms with Crippen LogP contribution in [0.15, 0.2) is 34.7 Å². The second-order valence-corrected chi connectivity index (χ2v) is 3.70. The van der Waals surface area contributed by atoms with E-state index >= 15 is 0 Å². The molecule has 0 saturated heterocycles. The summed E-state index contributed by atoms with van der Waals surface area (Å²) in [7, 11) is 0. The van der Waals surface area contributed by atoms with Crippen molar-refractivity contribution in [2.24, 2.45) is 0 Å². The molecule has 3 rings (SSSR count). The average Bonchev–Trinajstić information content (AvgIpc) is 2.94. The molecule has 0 aliphatic rings. The van der Waals surface area contributed by atoms with E-state index in [1.807, 2.05) is 19.1 Å². The molecule has 3 aromatic rings. The normalized spacial score (nSPS) is 10.9. The second-order valence-electron chi connectivity index (χ2n) is 3.70. The molecule has 17 heavy (non-hydrogen) atoms. The molecule has 0 aliphatic carbocycles. The van der Waals surface area contributed by atoms with Gasteiger partial charge >= 0.3 is 0 Å². The van der Waals surface area contributed by atoms with Crippen molar-refractivity contribution in [3.8, 4) is 11.6 Å². The number of furan rings is 1. The summed E-state index contributed by atoms with van der Waals surface area (Å²) in [6.07, 6.45) is 0.773. The van der Waals surface area contributed by atoms with Crippen LogP contribution >= 0.6 is 0 Å². The van der Waals surface area contributed by atoms with Crippen molar-refractivity contribution in [3.05, 3.63) is 41.8 Å². The highest BCUT2D eigenvalue weighted by Gasteiger charge is 2.13. The number of rotatable bonds is 2. The number of aldehydes is 1. The van der Waals surface area contributed by atoms with Crippen LogP contribution in [0.5, 0.6) is 0 Å². The van der Waals surface area contributed by atoms with E-state index in [2.05, 4.69) is 10.2 Å². The molecule has 0 radical (unpaired) electrons. The third-order valence-corrected chi connectivity index (χ3v) is 2.54. The van der Waals surface area contributed by atoms with E-state index < -0.39 is 0 Å². The van der Waals surface area contributed by atoms with Crippen molar-refractivity contribution in [2.45, 2.75) is 6.92 Å². The van der Waals surface area contributed by atoms with Gasteiger partial charge in [0.15, 0.2) is 17.7 Å². The standard InChI is InChI=1S/C12H9N3O2/c1-8-5-6-10(17-8)12-14-13-11-4-2-3-9(7-16)15(11)12/h2-7H,1H3. The monoisotopic (exact) mass is 227 g/mol. The molecule has 0 amide bonds. The first-order chi connectivity index (χ1) is 8.29. The van der Waals surface area contributed by atoms with Crippen molar-refractivity contribution in [1.82, 2.24) is 14.6 Å². The summed E-state index contributed by atoms with van der Waals surface area (Å²) in [6, 6.07) is 8.93. The van der Waals surface area contributed by atoms with Gasteiger partial charge in [0, 0.05) is 0 Å². The van der Waals surface area contributed by atoms with Crippen LogP contribution in [-0.2, 0) is 0 Å². The number of carbonyl (C=O) groups excluding carboxylic acids is 1. The number of pyridine rings is 1. The summed E-state index contributed by atoms with van der Waals surface area (Å²) >= 11 is 0. The van der Waals surface area contributed by atoms with Crippen LogP contribution in [0, 0.1) is 6.92 Å². The Morgan fingerprint density at radius 1 is 1.24 bits per heavy atom. The Bertz CT molecular complexity index is 697. The van der Waals surface area contributed by atoms with E-state index in [1.165, 1.54) is 0 Å². The molecule has 84 valence electrons. The molecule has 0 bridgehead atoms. The molecule has 0 unspecified atom stereocenters. The Morgan fingerprint density at radius 3 is 2.82 bits per heavy atom. The summed E-state index contributed by atoms with van der Waals surface area (Å²) in [4.78, 5) is 11.0. The molecule has 0 fully saturated rings. The highest BCUT2D eigenvalue weighted by molar-refractivity contribution is 5.75. The summed E-state index contributed by atoms with van der Waals surface area (Å²) < 4.78 is 7.17. The quantitative estimate of drug-likeness (QED) is 0.629. The Balaban J connectivity index is 2.33. The zero-order valence-electron chi connectivity index (χ0n) is 9.12. The largest absolute Gasteiger partial charge is 0.458 e. The molecule has 5 heteroatoms. The van der Waals surface area contributed by atoms with Gasteiger partial charge in [-0.2, -0.15) is 0 Å². The minimum atomic E-state index is 0.497. The summed E-state index contributed by atoms with van der Waals surface area (Å²) in [5.74, 6) is 1.93. The predicted molar refractivity (Wildman–Crippen MR) is 60.8 cm³/mol. The minimum Gasteiger partial charge on any atom is -0.458 e. The van der Waals surface area contributed by atoms with Crippen LogP contribution < -0.4 is 0 Å². The number of aromatic nitrogens is 3. The fourth-order valence-electron chi connectivity index (χ4n) is 1.77. The molecule has 0 N–H and O–H groups in total. The molecule has 0 aromatic carbocycles. The fourth-order valence-corrected chi connectivity index (χ4v) is 1.77. The van der Waals surface area contributed by atoms with Crippen molar-refractivity contribution < 1.29 is 9.21 Å². The minimum absolute atomic E-state index is 0.497. The van der Waals surface area contributed by atoms with Gasteiger partial charge in [0.2, 0.25) is 5.82 Å². The molecular weight excluding hydrogens is 218 g/mol. The molecular formula is C12H9N3O2. The summed E-state index contributed by atoms with van der Waals surface area (Å²) in [5, 5.41) is 8.05. The van der Waals surface area contributed by atoms with Gasteiger partial charge in [-0.1, -0.05) is 6.07 Å². The van der Waals surface area contributed by atoms with Gasteiger partial charge < -0.3 is 4.42 Å². The van der Waals surface area contributed by atoms with E-state index in [-0.39, 0.29) is 0 Å². The highest BCUT2D eigenvalue weighted by Crippen LogP contribution is 2.21. The van der Waals surface area contributed by atoms with E-state index in [0.29, 0.717) is 22.9 Å². The van der Waals surface area contributed by atoms with Gasteiger partial charge in [-0.25, -0.2) is 0 Å². The van der Waals surface area contributed by atoms with Crippen molar-refractivity contribution in [3.63, 3.8) is 0 Å². The molecule has 5 nitrogen and oxygen atoms in total. The first-order valence-corrected chi connectivity index (χ1v) is 5.16. The zero-order chi connectivity index (χ0) is 11.8. The Labute approximate surface area is 96.7 Å². The topological polar surface area (TPSA) is 60.4 Å². The lowest BCUT2D eigenvalue weighted by Crippen LogP contribution is -1.96. The Kier molecular flexibility index (Phi) is 2.04. The molecule has 0 spiro atoms. The number of aryl methyl sites for hydroxylation is 1. The van der Waals surface area contributed by atoms with E-state index in [4.69, 9.17) is 4.42 Å². The van der Waals surface area contributed by atoms with Crippen LogP contribution in [0.1, 0.15) is 16.2 Å². The van der Waals surface area contributed by atoms with Gasteiger partial charge in [-0.05, 0) is 31.2 Å². The molecule has 0 saturated carbocycles. The second kappa shape index (κ2) is 3.55. The zero-order valence-corrected chi connectivity index (χ0v) is 9.12. The Morgan fingerprint density at radius 2 is 2.12 bits per heavy atom. The van der Waals surface area contributed by atoms with E-state index in [9.17, 15) is 4.79 Å². The third kappa shape index (κ3) is 1.44. The summed E-state index contributed by atoms with van der Waals surface area (Å²) in [5.41, 5.74) is 1.12. The molecule has 0 aliphatic heterocycles. The maximum Gasteiger partial charge on any atom is 0.204 e. The van der Waals surface area contributed by atoms with Crippen LogP contribution in [0.3, 0.4) is 0 Å². The maximum absolute atomic E-state index is 11.0. The van der Waals surface area contributed by atoms with Gasteiger partial charge in [-0.3, -0.25) is 9.20 Å². The number of fused-ring (bicyclic) bond motifs is 1. The fraction of sp³-hybridized carbons (Fsp3) is 0.0833. The number of hydrogen-bond acceptors (Lipinski definition) is 4. The van der Waals surface area contributed by atoms with E-state index in [0.717, 1.165) is 12.0 Å². The number of hydrogen-bond donors (Lipinski definition) is 0. The lowest BCUT2D eigenvalue weighted by atomic mass is 10.3. The lowest BCUT2D eigenvalue weighted by Gasteiger charge is -1.99. The highest BCUT2D eigenvalue weighted by atomic mass is 16.3. The number of carbonyl (C=O) groups is 1. The van der Waals surface area contributed by atoms with Crippen LogP contribution in [0.2, 0.25) is 0 Å². The van der Waals surface area contributed by atoms with Gasteiger partial charge in [0.1, 0.15) is 5.76 Å². The van der Waals surface area contributed by atoms with Gasteiger partial charge in [0.05, 0.1) is 5.69 Å². The lowest BCUT2D eigenvalue weighted by molar-refractivity contribution is 0.111. The van der Waals surface area contributed by atoms with Crippen LogP contribution in [0.25, 0.3) is 17.2 Å². The molecule has 0 atom stereocenters. The smallest absolute Gasteiger partial charge is 0.204 e. The molecule has 3 heterocycles. The molecule has 3 aromatic heterocycles. The average molecular weight is 227 g/mol.